The minimum Gasteiger partial charge on any atom is -0.212 e. The minimum atomic E-state index is -3.08. The Balaban J connectivity index is 3.14. The molecule has 0 spiro atoms. The summed E-state index contributed by atoms with van der Waals surface area (Å²) in [5.41, 5.74) is 0. The lowest BCUT2D eigenvalue weighted by atomic mass is 10.4. The molecule has 4 heteroatoms. The summed E-state index contributed by atoms with van der Waals surface area (Å²) in [6.07, 6.45) is 1.56. The summed E-state index contributed by atoms with van der Waals surface area (Å²) in [7, 11) is -2.23. The molecular weight excluding hydrogens is 180 g/mol. The first-order valence-electron chi connectivity index (χ1n) is 3.02. The molecule has 0 aromatic heterocycles. The minimum absolute atomic E-state index is 0.368. The Bertz CT molecular complexity index is 316. The van der Waals surface area contributed by atoms with Crippen LogP contribution in [0.3, 0.4) is 0 Å². The molecule has 0 heterocycles. The molecule has 0 fully saturated rings. The predicted octanol–water partition coefficient (Wildman–Crippen LogP) is 1.74. The van der Waals surface area contributed by atoms with Crippen LogP contribution in [-0.4, -0.2) is 14.7 Å². The summed E-state index contributed by atoms with van der Waals surface area (Å²) >= 11 is 0. The predicted molar refractivity (Wildman–Crippen MR) is 47.1 cm³/mol. The Morgan fingerprint density at radius 2 is 1.73 bits per heavy atom. The van der Waals surface area contributed by atoms with E-state index < -0.39 is 8.87 Å². The monoisotopic (exact) mass is 188 g/mol. The number of hydrogen-bond acceptors (Lipinski definition) is 3. The van der Waals surface area contributed by atoms with Crippen LogP contribution in [0.25, 0.3) is 0 Å². The van der Waals surface area contributed by atoms with Gasteiger partial charge in [-0.1, -0.05) is 18.2 Å². The van der Waals surface area contributed by atoms with Crippen molar-refractivity contribution in [1.29, 1.82) is 0 Å². The van der Waals surface area contributed by atoms with Gasteiger partial charge in [0, 0.05) is 0 Å². The van der Waals surface area contributed by atoms with Crippen molar-refractivity contribution in [2.75, 3.05) is 6.26 Å². The third-order valence-corrected chi connectivity index (χ3v) is 4.43. The summed E-state index contributed by atoms with van der Waals surface area (Å²) in [5.74, 6) is 0. The number of benzene rings is 1. The van der Waals surface area contributed by atoms with Gasteiger partial charge in [0.05, 0.1) is 4.90 Å². The second-order valence-electron chi connectivity index (χ2n) is 1.93. The van der Waals surface area contributed by atoms with E-state index in [4.69, 9.17) is 0 Å². The van der Waals surface area contributed by atoms with E-state index in [1.807, 2.05) is 0 Å². The maximum Gasteiger partial charge on any atom is 0.229 e. The summed E-state index contributed by atoms with van der Waals surface area (Å²) in [6, 6.07) is 8.39. The molecule has 0 aliphatic carbocycles. The average molecular weight is 188 g/mol. The lowest BCUT2D eigenvalue weighted by molar-refractivity contribution is 0.610. The molecular formula is C7H8O2S2. The van der Waals surface area contributed by atoms with Gasteiger partial charge in [-0.2, -0.15) is 0 Å². The van der Waals surface area contributed by atoms with E-state index in [2.05, 4.69) is 0 Å². The van der Waals surface area contributed by atoms with E-state index >= 15 is 0 Å². The Labute approximate surface area is 69.9 Å². The van der Waals surface area contributed by atoms with Crippen molar-refractivity contribution < 1.29 is 8.42 Å². The summed E-state index contributed by atoms with van der Waals surface area (Å²) in [6.45, 7) is 0. The fourth-order valence-corrected chi connectivity index (χ4v) is 2.28. The maximum absolute atomic E-state index is 11.2. The van der Waals surface area contributed by atoms with Crippen LogP contribution in [-0.2, 0) is 8.87 Å². The van der Waals surface area contributed by atoms with Gasteiger partial charge in [-0.25, -0.2) is 8.42 Å². The summed E-state index contributed by atoms with van der Waals surface area (Å²) in [4.78, 5) is 0.368. The molecule has 0 saturated carbocycles. The van der Waals surface area contributed by atoms with E-state index in [1.54, 1.807) is 36.6 Å². The van der Waals surface area contributed by atoms with Crippen molar-refractivity contribution in [3.63, 3.8) is 0 Å². The largest absolute Gasteiger partial charge is 0.229 e. The molecule has 0 amide bonds. The lowest BCUT2D eigenvalue weighted by Gasteiger charge is -1.97. The Morgan fingerprint density at radius 3 is 2.18 bits per heavy atom. The SMILES string of the molecule is CSS(=O)(=O)c1ccccc1. The first-order chi connectivity index (χ1) is 5.17. The van der Waals surface area contributed by atoms with Crippen LogP contribution in [0.1, 0.15) is 0 Å². The van der Waals surface area contributed by atoms with E-state index in [9.17, 15) is 8.42 Å². The van der Waals surface area contributed by atoms with E-state index in [1.165, 1.54) is 0 Å². The van der Waals surface area contributed by atoms with Crippen LogP contribution in [0, 0.1) is 0 Å². The van der Waals surface area contributed by atoms with Gasteiger partial charge in [-0.15, -0.1) is 0 Å². The molecule has 0 atom stereocenters. The van der Waals surface area contributed by atoms with Crippen LogP contribution in [0.4, 0.5) is 0 Å². The van der Waals surface area contributed by atoms with Crippen molar-refractivity contribution in [2.45, 2.75) is 4.90 Å². The van der Waals surface area contributed by atoms with Gasteiger partial charge in [-0.3, -0.25) is 0 Å². The Hall–Kier alpha value is -0.480. The third-order valence-electron chi connectivity index (χ3n) is 1.25. The van der Waals surface area contributed by atoms with Gasteiger partial charge >= 0.3 is 0 Å². The third kappa shape index (κ3) is 1.97. The molecule has 1 rings (SSSR count). The standard InChI is InChI=1S/C7H8O2S2/c1-10-11(8,9)7-5-3-2-4-6-7/h2-6H,1H3. The molecule has 60 valence electrons. The van der Waals surface area contributed by atoms with E-state index in [-0.39, 0.29) is 0 Å². The van der Waals surface area contributed by atoms with Gasteiger partial charge in [0.15, 0.2) is 0 Å². The van der Waals surface area contributed by atoms with Crippen molar-refractivity contribution in [1.82, 2.24) is 0 Å². The molecule has 11 heavy (non-hydrogen) atoms. The first-order valence-corrected chi connectivity index (χ1v) is 6.25. The second-order valence-corrected chi connectivity index (χ2v) is 5.96. The van der Waals surface area contributed by atoms with Gasteiger partial charge in [0.2, 0.25) is 8.87 Å². The van der Waals surface area contributed by atoms with Crippen LogP contribution in [0.2, 0.25) is 0 Å². The molecule has 0 aliphatic rings. The molecule has 1 aromatic carbocycles. The van der Waals surface area contributed by atoms with Crippen molar-refractivity contribution in [2.24, 2.45) is 0 Å². The smallest absolute Gasteiger partial charge is 0.212 e. The van der Waals surface area contributed by atoms with Crippen molar-refractivity contribution in [3.05, 3.63) is 30.3 Å². The molecule has 0 aliphatic heterocycles. The first kappa shape index (κ1) is 8.62. The average Bonchev–Trinajstić information content (AvgIpc) is 2.06. The van der Waals surface area contributed by atoms with Crippen molar-refractivity contribution >= 4 is 19.7 Å². The highest BCUT2D eigenvalue weighted by atomic mass is 33.1. The molecule has 0 N–H and O–H groups in total. The molecule has 2 nitrogen and oxygen atoms in total. The van der Waals surface area contributed by atoms with Crippen molar-refractivity contribution in [3.8, 4) is 0 Å². The Morgan fingerprint density at radius 1 is 1.18 bits per heavy atom. The zero-order valence-corrected chi connectivity index (χ0v) is 7.65. The highest BCUT2D eigenvalue weighted by molar-refractivity contribution is 8.71. The highest BCUT2D eigenvalue weighted by Gasteiger charge is 2.09. The van der Waals surface area contributed by atoms with E-state index in [0.29, 0.717) is 4.90 Å². The summed E-state index contributed by atoms with van der Waals surface area (Å²) < 4.78 is 22.3. The maximum atomic E-state index is 11.2. The topological polar surface area (TPSA) is 34.1 Å². The van der Waals surface area contributed by atoms with Gasteiger partial charge in [-0.05, 0) is 29.2 Å². The molecule has 0 radical (unpaired) electrons. The fourth-order valence-electron chi connectivity index (χ4n) is 0.683. The number of hydrogen-bond donors (Lipinski definition) is 0. The fraction of sp³-hybridized carbons (Fsp3) is 0.143. The Kier molecular flexibility index (Phi) is 2.57. The molecule has 0 saturated heterocycles. The van der Waals surface area contributed by atoms with Gasteiger partial charge in [0.25, 0.3) is 0 Å². The van der Waals surface area contributed by atoms with E-state index in [0.717, 1.165) is 10.8 Å². The lowest BCUT2D eigenvalue weighted by Crippen LogP contribution is -1.92. The second kappa shape index (κ2) is 3.28. The van der Waals surface area contributed by atoms with Crippen LogP contribution < -0.4 is 0 Å². The summed E-state index contributed by atoms with van der Waals surface area (Å²) in [5, 5.41) is 0. The highest BCUT2D eigenvalue weighted by Crippen LogP contribution is 2.19. The zero-order valence-electron chi connectivity index (χ0n) is 6.02. The number of rotatable bonds is 2. The molecule has 0 bridgehead atoms. The van der Waals surface area contributed by atoms with Gasteiger partial charge in [0.1, 0.15) is 0 Å². The molecule has 0 unspecified atom stereocenters. The van der Waals surface area contributed by atoms with Gasteiger partial charge < -0.3 is 0 Å². The quantitative estimate of drug-likeness (QED) is 0.663. The van der Waals surface area contributed by atoms with Crippen LogP contribution in [0.15, 0.2) is 35.2 Å². The zero-order chi connectivity index (χ0) is 8.32. The molecule has 1 aromatic rings. The van der Waals surface area contributed by atoms with Crippen LogP contribution in [0.5, 0.6) is 0 Å². The normalized spacial score (nSPS) is 11.4. The van der Waals surface area contributed by atoms with Crippen LogP contribution >= 0.6 is 10.8 Å².